The molecule has 0 heterocycles. The van der Waals surface area contributed by atoms with Crippen LogP contribution in [-0.4, -0.2) is 14.0 Å². The van der Waals surface area contributed by atoms with Crippen molar-refractivity contribution in [2.75, 3.05) is 0 Å². The number of nitriles is 1. The Hall–Kier alpha value is -1.43. The minimum atomic E-state index is 0.189. The van der Waals surface area contributed by atoms with Gasteiger partial charge in [-0.05, 0) is 12.1 Å². The summed E-state index contributed by atoms with van der Waals surface area (Å²) >= 11 is 0. The van der Waals surface area contributed by atoms with Gasteiger partial charge in [-0.2, -0.15) is 5.26 Å². The van der Waals surface area contributed by atoms with Crippen LogP contribution in [0, 0.1) is 17.2 Å². The van der Waals surface area contributed by atoms with Crippen LogP contribution in [0.1, 0.15) is 12.8 Å². The number of nitrogens with zero attached hydrogens (tertiary/aromatic N) is 1. The summed E-state index contributed by atoms with van der Waals surface area (Å²) in [4.78, 5) is 0. The Morgan fingerprint density at radius 3 is 2.50 bits per heavy atom. The first-order chi connectivity index (χ1) is 6.78. The van der Waals surface area contributed by atoms with Crippen molar-refractivity contribution in [3.05, 3.63) is 24.3 Å². The number of hydrogen-bond donors (Lipinski definition) is 0. The highest BCUT2D eigenvalue weighted by molar-refractivity contribution is 6.32. The zero-order valence-electron chi connectivity index (χ0n) is 7.81. The minimum absolute atomic E-state index is 0.189. The van der Waals surface area contributed by atoms with Crippen molar-refractivity contribution in [2.24, 2.45) is 5.92 Å². The molecule has 1 aliphatic carbocycles. The SMILES string of the molecule is [B]c1ccc(OC2CC(C#N)C2)cc1. The van der Waals surface area contributed by atoms with E-state index in [1.807, 2.05) is 24.3 Å². The van der Waals surface area contributed by atoms with Crippen molar-refractivity contribution in [1.29, 1.82) is 5.26 Å². The third-order valence-electron chi connectivity index (χ3n) is 2.46. The van der Waals surface area contributed by atoms with Crippen LogP contribution in [0.2, 0.25) is 0 Å². The highest BCUT2D eigenvalue weighted by atomic mass is 16.5. The fourth-order valence-electron chi connectivity index (χ4n) is 1.51. The molecule has 3 heteroatoms. The summed E-state index contributed by atoms with van der Waals surface area (Å²) < 4.78 is 5.63. The van der Waals surface area contributed by atoms with Crippen molar-refractivity contribution in [3.63, 3.8) is 0 Å². The van der Waals surface area contributed by atoms with Gasteiger partial charge in [0.15, 0.2) is 0 Å². The smallest absolute Gasteiger partial charge is 0.119 e. The van der Waals surface area contributed by atoms with Crippen molar-refractivity contribution >= 4 is 13.3 Å². The summed E-state index contributed by atoms with van der Waals surface area (Å²) in [5.74, 6) is 1.02. The summed E-state index contributed by atoms with van der Waals surface area (Å²) in [6, 6.07) is 9.57. The standard InChI is InChI=1S/C11H10BNO/c12-9-1-3-10(4-2-9)14-11-5-8(6-11)7-13/h1-4,8,11H,5-6H2. The zero-order chi connectivity index (χ0) is 9.97. The first-order valence-electron chi connectivity index (χ1n) is 4.70. The molecular formula is C11H10BNO. The Morgan fingerprint density at radius 2 is 1.93 bits per heavy atom. The van der Waals surface area contributed by atoms with Gasteiger partial charge < -0.3 is 4.74 Å². The Balaban J connectivity index is 1.88. The Kier molecular flexibility index (Phi) is 2.45. The number of hydrogen-bond acceptors (Lipinski definition) is 2. The molecule has 1 aromatic carbocycles. The molecule has 0 aliphatic heterocycles. The van der Waals surface area contributed by atoms with E-state index in [2.05, 4.69) is 6.07 Å². The summed E-state index contributed by atoms with van der Waals surface area (Å²) in [6.45, 7) is 0. The van der Waals surface area contributed by atoms with Gasteiger partial charge >= 0.3 is 0 Å². The van der Waals surface area contributed by atoms with Gasteiger partial charge in [0.05, 0.1) is 12.0 Å². The number of benzene rings is 1. The van der Waals surface area contributed by atoms with E-state index in [-0.39, 0.29) is 12.0 Å². The third kappa shape index (κ3) is 1.90. The first kappa shape index (κ1) is 9.14. The third-order valence-corrected chi connectivity index (χ3v) is 2.46. The second-order valence-corrected chi connectivity index (χ2v) is 3.61. The Bertz CT molecular complexity index is 349. The molecule has 0 amide bonds. The van der Waals surface area contributed by atoms with Crippen molar-refractivity contribution in [2.45, 2.75) is 18.9 Å². The maximum absolute atomic E-state index is 8.58. The molecule has 0 spiro atoms. The maximum atomic E-state index is 8.58. The van der Waals surface area contributed by atoms with E-state index >= 15 is 0 Å². The van der Waals surface area contributed by atoms with Crippen LogP contribution in [0.4, 0.5) is 0 Å². The molecule has 1 aliphatic rings. The fourth-order valence-corrected chi connectivity index (χ4v) is 1.51. The molecule has 14 heavy (non-hydrogen) atoms. The lowest BCUT2D eigenvalue weighted by Crippen LogP contribution is -2.32. The van der Waals surface area contributed by atoms with E-state index in [1.165, 1.54) is 0 Å². The molecule has 0 atom stereocenters. The molecule has 1 fully saturated rings. The van der Waals surface area contributed by atoms with E-state index in [4.69, 9.17) is 17.8 Å². The fraction of sp³-hybridized carbons (Fsp3) is 0.364. The predicted molar refractivity (Wildman–Crippen MR) is 54.6 cm³/mol. The van der Waals surface area contributed by atoms with E-state index in [9.17, 15) is 0 Å². The maximum Gasteiger partial charge on any atom is 0.119 e. The topological polar surface area (TPSA) is 33.0 Å². The lowest BCUT2D eigenvalue weighted by atomic mass is 9.83. The molecular weight excluding hydrogens is 173 g/mol. The molecule has 1 saturated carbocycles. The second kappa shape index (κ2) is 3.75. The number of rotatable bonds is 2. The van der Waals surface area contributed by atoms with E-state index in [1.54, 1.807) is 0 Å². The Labute approximate surface area is 84.9 Å². The monoisotopic (exact) mass is 183 g/mol. The molecule has 1 aromatic rings. The van der Waals surface area contributed by atoms with Gasteiger partial charge in [0.25, 0.3) is 0 Å². The lowest BCUT2D eigenvalue weighted by molar-refractivity contribution is 0.0894. The molecule has 68 valence electrons. The molecule has 0 bridgehead atoms. The van der Waals surface area contributed by atoms with Gasteiger partial charge in [0.1, 0.15) is 19.7 Å². The summed E-state index contributed by atoms with van der Waals surface area (Å²) in [6.07, 6.45) is 1.91. The van der Waals surface area contributed by atoms with Gasteiger partial charge in [0.2, 0.25) is 0 Å². The molecule has 0 aromatic heterocycles. The number of ether oxygens (including phenoxy) is 1. The molecule has 0 unspecified atom stereocenters. The molecule has 0 N–H and O–H groups in total. The Morgan fingerprint density at radius 1 is 1.29 bits per heavy atom. The van der Waals surface area contributed by atoms with Gasteiger partial charge in [-0.15, -0.1) is 0 Å². The van der Waals surface area contributed by atoms with Crippen molar-refractivity contribution < 1.29 is 4.74 Å². The average molecular weight is 183 g/mol. The van der Waals surface area contributed by atoms with Gasteiger partial charge in [-0.25, -0.2) is 0 Å². The quantitative estimate of drug-likeness (QED) is 0.644. The van der Waals surface area contributed by atoms with Crippen LogP contribution < -0.4 is 10.2 Å². The van der Waals surface area contributed by atoms with Crippen LogP contribution in [0.3, 0.4) is 0 Å². The lowest BCUT2D eigenvalue weighted by Gasteiger charge is -2.30. The van der Waals surface area contributed by atoms with Gasteiger partial charge in [0, 0.05) is 12.8 Å². The van der Waals surface area contributed by atoms with E-state index in [0.717, 1.165) is 24.1 Å². The molecule has 2 rings (SSSR count). The molecule has 0 saturated heterocycles. The van der Waals surface area contributed by atoms with Crippen LogP contribution in [0.25, 0.3) is 0 Å². The minimum Gasteiger partial charge on any atom is -0.490 e. The highest BCUT2D eigenvalue weighted by Crippen LogP contribution is 2.30. The molecule has 2 nitrogen and oxygen atoms in total. The average Bonchev–Trinajstić information content (AvgIpc) is 2.13. The van der Waals surface area contributed by atoms with Crippen molar-refractivity contribution in [3.8, 4) is 11.8 Å². The summed E-state index contributed by atoms with van der Waals surface area (Å²) in [5, 5.41) is 8.58. The largest absolute Gasteiger partial charge is 0.490 e. The van der Waals surface area contributed by atoms with Gasteiger partial charge in [-0.3, -0.25) is 0 Å². The summed E-state index contributed by atoms with van der Waals surface area (Å²) in [7, 11) is 5.55. The highest BCUT2D eigenvalue weighted by Gasteiger charge is 2.30. The zero-order valence-corrected chi connectivity index (χ0v) is 7.81. The normalized spacial score (nSPS) is 24.8. The van der Waals surface area contributed by atoms with Crippen LogP contribution in [0.5, 0.6) is 5.75 Å². The van der Waals surface area contributed by atoms with Crippen molar-refractivity contribution in [1.82, 2.24) is 0 Å². The second-order valence-electron chi connectivity index (χ2n) is 3.61. The summed E-state index contributed by atoms with van der Waals surface area (Å²) in [5.41, 5.74) is 0.737. The molecule has 2 radical (unpaired) electrons. The van der Waals surface area contributed by atoms with Crippen LogP contribution >= 0.6 is 0 Å². The predicted octanol–water partition coefficient (Wildman–Crippen LogP) is 1.16. The van der Waals surface area contributed by atoms with E-state index < -0.39 is 0 Å². The van der Waals surface area contributed by atoms with Gasteiger partial charge in [-0.1, -0.05) is 17.6 Å². The first-order valence-corrected chi connectivity index (χ1v) is 4.70. The van der Waals surface area contributed by atoms with Crippen LogP contribution in [-0.2, 0) is 0 Å². The van der Waals surface area contributed by atoms with Crippen LogP contribution in [0.15, 0.2) is 24.3 Å². The van der Waals surface area contributed by atoms with E-state index in [0.29, 0.717) is 0 Å².